The van der Waals surface area contributed by atoms with Crippen LogP contribution in [0.3, 0.4) is 0 Å². The molecule has 1 saturated carbocycles. The number of carbonyl (C=O) groups excluding carboxylic acids is 1. The molecule has 1 aliphatic heterocycles. The highest BCUT2D eigenvalue weighted by Crippen LogP contribution is 2.33. The minimum Gasteiger partial charge on any atom is -0.393 e. The van der Waals surface area contributed by atoms with E-state index in [1.165, 1.54) is 12.8 Å². The topological polar surface area (TPSA) is 66.6 Å². The van der Waals surface area contributed by atoms with Gasteiger partial charge in [0, 0.05) is 25.6 Å². The Morgan fingerprint density at radius 2 is 1.93 bits per heavy atom. The van der Waals surface area contributed by atoms with Gasteiger partial charge in [0.2, 0.25) is 5.91 Å². The smallest absolute Gasteiger partial charge is 0.224 e. The first-order valence-corrected chi connectivity index (χ1v) is 5.88. The van der Waals surface area contributed by atoms with Gasteiger partial charge in [-0.05, 0) is 31.6 Å². The highest BCUT2D eigenvalue weighted by molar-refractivity contribution is 5.77. The van der Waals surface area contributed by atoms with Crippen molar-refractivity contribution < 1.29 is 9.90 Å². The third-order valence-corrected chi connectivity index (χ3v) is 3.46. The lowest BCUT2D eigenvalue weighted by atomic mass is 10.1. The maximum atomic E-state index is 11.8. The molecule has 86 valence electrons. The number of likely N-dealkylation sites (tertiary alicyclic amines) is 1. The minimum atomic E-state index is -0.217. The molecule has 1 heterocycles. The van der Waals surface area contributed by atoms with Crippen molar-refractivity contribution in [3.8, 4) is 0 Å². The molecule has 0 aromatic heterocycles. The molecule has 1 unspecified atom stereocenters. The Kier molecular flexibility index (Phi) is 3.26. The van der Waals surface area contributed by atoms with Crippen LogP contribution in [0.2, 0.25) is 0 Å². The summed E-state index contributed by atoms with van der Waals surface area (Å²) in [6, 6.07) is 0.0596. The van der Waals surface area contributed by atoms with Crippen LogP contribution in [0, 0.1) is 5.92 Å². The van der Waals surface area contributed by atoms with Gasteiger partial charge in [-0.3, -0.25) is 4.79 Å². The zero-order chi connectivity index (χ0) is 10.8. The van der Waals surface area contributed by atoms with Crippen molar-refractivity contribution in [3.05, 3.63) is 0 Å². The Morgan fingerprint density at radius 1 is 1.33 bits per heavy atom. The number of hydrogen-bond donors (Lipinski definition) is 2. The molecule has 0 aromatic rings. The summed E-state index contributed by atoms with van der Waals surface area (Å²) in [5, 5.41) is 9.33. The lowest BCUT2D eigenvalue weighted by molar-refractivity contribution is -0.133. The number of aliphatic hydroxyl groups excluding tert-OH is 1. The highest BCUT2D eigenvalue weighted by Gasteiger charge is 2.31. The van der Waals surface area contributed by atoms with Crippen molar-refractivity contribution in [2.75, 3.05) is 13.1 Å². The zero-order valence-corrected chi connectivity index (χ0v) is 9.06. The summed E-state index contributed by atoms with van der Waals surface area (Å²) >= 11 is 0. The van der Waals surface area contributed by atoms with E-state index >= 15 is 0 Å². The van der Waals surface area contributed by atoms with Gasteiger partial charge in [-0.15, -0.1) is 0 Å². The fraction of sp³-hybridized carbons (Fsp3) is 0.909. The van der Waals surface area contributed by atoms with Crippen molar-refractivity contribution in [1.29, 1.82) is 0 Å². The number of carbonyl (C=O) groups is 1. The molecule has 2 rings (SSSR count). The molecule has 0 radical (unpaired) electrons. The fourth-order valence-corrected chi connectivity index (χ4v) is 2.14. The van der Waals surface area contributed by atoms with Crippen LogP contribution in [0.4, 0.5) is 0 Å². The van der Waals surface area contributed by atoms with Gasteiger partial charge in [0.25, 0.3) is 0 Å². The Morgan fingerprint density at radius 3 is 2.47 bits per heavy atom. The van der Waals surface area contributed by atoms with Gasteiger partial charge in [0.05, 0.1) is 6.10 Å². The van der Waals surface area contributed by atoms with Crippen LogP contribution >= 0.6 is 0 Å². The van der Waals surface area contributed by atoms with E-state index in [2.05, 4.69) is 0 Å². The summed E-state index contributed by atoms with van der Waals surface area (Å²) in [6.07, 6.45) is 4.07. The maximum absolute atomic E-state index is 11.8. The highest BCUT2D eigenvalue weighted by atomic mass is 16.3. The maximum Gasteiger partial charge on any atom is 0.224 e. The molecule has 4 nitrogen and oxygen atoms in total. The molecule has 2 aliphatic rings. The summed E-state index contributed by atoms with van der Waals surface area (Å²) in [7, 11) is 0. The SMILES string of the molecule is NC(CC(=O)N1CCC(O)CC1)C1CC1. The van der Waals surface area contributed by atoms with Crippen LogP contribution in [0.25, 0.3) is 0 Å². The lowest BCUT2D eigenvalue weighted by Gasteiger charge is -2.30. The average molecular weight is 212 g/mol. The van der Waals surface area contributed by atoms with Crippen LogP contribution in [0.1, 0.15) is 32.1 Å². The normalized spacial score (nSPS) is 25.3. The first-order chi connectivity index (χ1) is 7.16. The number of piperidine rings is 1. The van der Waals surface area contributed by atoms with Gasteiger partial charge in [-0.1, -0.05) is 0 Å². The first-order valence-electron chi connectivity index (χ1n) is 5.88. The van der Waals surface area contributed by atoms with E-state index in [-0.39, 0.29) is 18.1 Å². The van der Waals surface area contributed by atoms with Gasteiger partial charge >= 0.3 is 0 Å². The van der Waals surface area contributed by atoms with Crippen LogP contribution in [0.15, 0.2) is 0 Å². The number of rotatable bonds is 3. The van der Waals surface area contributed by atoms with Gasteiger partial charge < -0.3 is 15.7 Å². The second kappa shape index (κ2) is 4.49. The molecule has 4 heteroatoms. The number of amides is 1. The summed E-state index contributed by atoms with van der Waals surface area (Å²) in [5.41, 5.74) is 5.92. The van der Waals surface area contributed by atoms with Crippen LogP contribution in [-0.4, -0.2) is 41.1 Å². The van der Waals surface area contributed by atoms with Crippen molar-refractivity contribution in [1.82, 2.24) is 4.90 Å². The van der Waals surface area contributed by atoms with Crippen LogP contribution in [-0.2, 0) is 4.79 Å². The van der Waals surface area contributed by atoms with E-state index in [9.17, 15) is 9.90 Å². The Balaban J connectivity index is 1.75. The van der Waals surface area contributed by atoms with Gasteiger partial charge in [-0.25, -0.2) is 0 Å². The number of nitrogens with zero attached hydrogens (tertiary/aromatic N) is 1. The standard InChI is InChI=1S/C11H20N2O2/c12-10(8-1-2-8)7-11(15)13-5-3-9(14)4-6-13/h8-10,14H,1-7,12H2. The minimum absolute atomic E-state index is 0.0596. The largest absolute Gasteiger partial charge is 0.393 e. The molecule has 0 spiro atoms. The lowest BCUT2D eigenvalue weighted by Crippen LogP contribution is -2.42. The molecule has 0 bridgehead atoms. The summed E-state index contributed by atoms with van der Waals surface area (Å²) in [4.78, 5) is 13.7. The molecule has 0 aromatic carbocycles. The van der Waals surface area contributed by atoms with Crippen molar-refractivity contribution in [3.63, 3.8) is 0 Å². The quantitative estimate of drug-likeness (QED) is 0.697. The Labute approximate surface area is 90.4 Å². The predicted octanol–water partition coefficient (Wildman–Crippen LogP) is 0.0971. The zero-order valence-electron chi connectivity index (χ0n) is 9.06. The van der Waals surface area contributed by atoms with E-state index < -0.39 is 0 Å². The predicted molar refractivity (Wildman–Crippen MR) is 57.1 cm³/mol. The van der Waals surface area contributed by atoms with Crippen molar-refractivity contribution >= 4 is 5.91 Å². The molecule has 1 aliphatic carbocycles. The average Bonchev–Trinajstić information content (AvgIpc) is 3.01. The number of nitrogens with two attached hydrogens (primary N) is 1. The van der Waals surface area contributed by atoms with E-state index in [1.807, 2.05) is 4.90 Å². The van der Waals surface area contributed by atoms with Crippen molar-refractivity contribution in [2.45, 2.75) is 44.2 Å². The summed E-state index contributed by atoms with van der Waals surface area (Å²) < 4.78 is 0. The Bertz CT molecular complexity index is 233. The van der Waals surface area contributed by atoms with E-state index in [1.54, 1.807) is 0 Å². The third kappa shape index (κ3) is 2.92. The monoisotopic (exact) mass is 212 g/mol. The molecule has 1 amide bonds. The summed E-state index contributed by atoms with van der Waals surface area (Å²) in [5.74, 6) is 0.755. The van der Waals surface area contributed by atoms with Crippen LogP contribution in [0.5, 0.6) is 0 Å². The second-order valence-electron chi connectivity index (χ2n) is 4.82. The van der Waals surface area contributed by atoms with Crippen molar-refractivity contribution in [2.24, 2.45) is 11.7 Å². The molecule has 3 N–H and O–H groups in total. The number of hydrogen-bond acceptors (Lipinski definition) is 3. The fourth-order valence-electron chi connectivity index (χ4n) is 2.14. The molecular weight excluding hydrogens is 192 g/mol. The molecule has 1 saturated heterocycles. The van der Waals surface area contributed by atoms with E-state index in [0.29, 0.717) is 38.3 Å². The van der Waals surface area contributed by atoms with E-state index in [0.717, 1.165) is 0 Å². The van der Waals surface area contributed by atoms with E-state index in [4.69, 9.17) is 5.73 Å². The summed E-state index contributed by atoms with van der Waals surface area (Å²) in [6.45, 7) is 1.38. The van der Waals surface area contributed by atoms with Gasteiger partial charge in [0.1, 0.15) is 0 Å². The second-order valence-corrected chi connectivity index (χ2v) is 4.82. The molecular formula is C11H20N2O2. The van der Waals surface area contributed by atoms with Gasteiger partial charge in [-0.2, -0.15) is 0 Å². The first kappa shape index (κ1) is 10.9. The Hall–Kier alpha value is -0.610. The third-order valence-electron chi connectivity index (χ3n) is 3.46. The molecule has 15 heavy (non-hydrogen) atoms. The number of aliphatic hydroxyl groups is 1. The van der Waals surface area contributed by atoms with Crippen LogP contribution < -0.4 is 5.73 Å². The molecule has 1 atom stereocenters. The molecule has 2 fully saturated rings. The van der Waals surface area contributed by atoms with Gasteiger partial charge in [0.15, 0.2) is 0 Å².